The monoisotopic (exact) mass is 296 g/mol. The molecule has 1 N–H and O–H groups in total. The van der Waals surface area contributed by atoms with Gasteiger partial charge in [0.25, 0.3) is 5.91 Å². The third kappa shape index (κ3) is 2.34. The minimum absolute atomic E-state index is 0.0725. The standard InChI is InChI=1S/C18H20N2O2/c1-3-13(4-2)19-16(21)11-20-15-10-6-8-12-7-5-9-14(17(12)15)18(20)22/h5-10,13H,3-4,11H2,1-2H3,(H,19,21). The van der Waals surface area contributed by atoms with Gasteiger partial charge in [-0.1, -0.05) is 38.1 Å². The Balaban J connectivity index is 1.87. The van der Waals surface area contributed by atoms with Gasteiger partial charge in [0.2, 0.25) is 5.91 Å². The smallest absolute Gasteiger partial charge is 0.259 e. The molecule has 0 atom stereocenters. The van der Waals surface area contributed by atoms with Gasteiger partial charge < -0.3 is 5.32 Å². The van der Waals surface area contributed by atoms with Crippen molar-refractivity contribution < 1.29 is 9.59 Å². The van der Waals surface area contributed by atoms with E-state index < -0.39 is 0 Å². The van der Waals surface area contributed by atoms with Gasteiger partial charge in [-0.2, -0.15) is 0 Å². The Morgan fingerprint density at radius 1 is 1.14 bits per heavy atom. The van der Waals surface area contributed by atoms with Gasteiger partial charge >= 0.3 is 0 Å². The van der Waals surface area contributed by atoms with Crippen LogP contribution in [0.4, 0.5) is 5.69 Å². The first-order valence-corrected chi connectivity index (χ1v) is 7.78. The van der Waals surface area contributed by atoms with Gasteiger partial charge in [0, 0.05) is 17.0 Å². The van der Waals surface area contributed by atoms with Crippen LogP contribution in [0.25, 0.3) is 10.8 Å². The lowest BCUT2D eigenvalue weighted by atomic mass is 10.1. The lowest BCUT2D eigenvalue weighted by Gasteiger charge is -2.20. The third-order valence-corrected chi connectivity index (χ3v) is 4.30. The molecule has 4 nitrogen and oxygen atoms in total. The van der Waals surface area contributed by atoms with Crippen LogP contribution in [0.2, 0.25) is 0 Å². The number of benzene rings is 2. The molecule has 1 aliphatic rings. The summed E-state index contributed by atoms with van der Waals surface area (Å²) in [6, 6.07) is 11.7. The van der Waals surface area contributed by atoms with Crippen molar-refractivity contribution in [1.29, 1.82) is 0 Å². The molecular weight excluding hydrogens is 276 g/mol. The largest absolute Gasteiger partial charge is 0.352 e. The van der Waals surface area contributed by atoms with Crippen LogP contribution in [0.1, 0.15) is 37.0 Å². The van der Waals surface area contributed by atoms with Gasteiger partial charge in [0.05, 0.1) is 5.69 Å². The SMILES string of the molecule is CCC(CC)NC(=O)CN1C(=O)c2cccc3cccc1c23. The molecule has 0 fully saturated rings. The van der Waals surface area contributed by atoms with Crippen molar-refractivity contribution in [1.82, 2.24) is 5.32 Å². The van der Waals surface area contributed by atoms with E-state index in [1.54, 1.807) is 4.90 Å². The molecule has 0 saturated heterocycles. The molecule has 2 aromatic rings. The second-order valence-corrected chi connectivity index (χ2v) is 5.65. The Hall–Kier alpha value is -2.36. The predicted octanol–water partition coefficient (Wildman–Crippen LogP) is 3.10. The zero-order chi connectivity index (χ0) is 15.7. The van der Waals surface area contributed by atoms with Gasteiger partial charge in [0.1, 0.15) is 6.54 Å². The van der Waals surface area contributed by atoms with Crippen molar-refractivity contribution in [2.24, 2.45) is 0 Å². The number of carbonyl (C=O) groups excluding carboxylic acids is 2. The van der Waals surface area contributed by atoms with Gasteiger partial charge in [-0.25, -0.2) is 0 Å². The van der Waals surface area contributed by atoms with Crippen molar-refractivity contribution in [2.45, 2.75) is 32.7 Å². The molecule has 22 heavy (non-hydrogen) atoms. The van der Waals surface area contributed by atoms with Crippen LogP contribution in [-0.2, 0) is 4.79 Å². The highest BCUT2D eigenvalue weighted by Crippen LogP contribution is 2.36. The van der Waals surface area contributed by atoms with E-state index in [0.29, 0.717) is 5.56 Å². The first kappa shape index (κ1) is 14.6. The second-order valence-electron chi connectivity index (χ2n) is 5.65. The van der Waals surface area contributed by atoms with E-state index in [1.807, 2.05) is 50.2 Å². The summed E-state index contributed by atoms with van der Waals surface area (Å²) in [6.07, 6.45) is 1.79. The van der Waals surface area contributed by atoms with Crippen molar-refractivity contribution in [2.75, 3.05) is 11.4 Å². The topological polar surface area (TPSA) is 49.4 Å². The van der Waals surface area contributed by atoms with E-state index in [0.717, 1.165) is 29.3 Å². The maximum absolute atomic E-state index is 12.6. The molecular formula is C18H20N2O2. The van der Waals surface area contributed by atoms with Crippen LogP contribution < -0.4 is 10.2 Å². The van der Waals surface area contributed by atoms with Crippen LogP contribution in [0.15, 0.2) is 36.4 Å². The molecule has 0 aliphatic carbocycles. The number of anilines is 1. The molecule has 4 heteroatoms. The summed E-state index contributed by atoms with van der Waals surface area (Å²) in [6.45, 7) is 4.17. The maximum Gasteiger partial charge on any atom is 0.259 e. The van der Waals surface area contributed by atoms with Gasteiger partial charge in [-0.15, -0.1) is 0 Å². The number of nitrogens with one attached hydrogen (secondary N) is 1. The van der Waals surface area contributed by atoms with E-state index in [9.17, 15) is 9.59 Å². The summed E-state index contributed by atoms with van der Waals surface area (Å²) in [4.78, 5) is 26.4. The van der Waals surface area contributed by atoms with E-state index in [2.05, 4.69) is 5.32 Å². The fourth-order valence-corrected chi connectivity index (χ4v) is 3.05. The van der Waals surface area contributed by atoms with Crippen LogP contribution >= 0.6 is 0 Å². The van der Waals surface area contributed by atoms with Gasteiger partial charge in [-0.05, 0) is 30.4 Å². The van der Waals surface area contributed by atoms with Crippen LogP contribution in [0.5, 0.6) is 0 Å². The summed E-state index contributed by atoms with van der Waals surface area (Å²) in [5.74, 6) is -0.196. The average molecular weight is 296 g/mol. The second kappa shape index (κ2) is 5.79. The Bertz CT molecular complexity index is 730. The van der Waals surface area contributed by atoms with E-state index in [4.69, 9.17) is 0 Å². The summed E-state index contributed by atoms with van der Waals surface area (Å²) < 4.78 is 0. The molecule has 0 radical (unpaired) electrons. The summed E-state index contributed by atoms with van der Waals surface area (Å²) in [5.41, 5.74) is 1.52. The first-order valence-electron chi connectivity index (χ1n) is 7.78. The highest BCUT2D eigenvalue weighted by Gasteiger charge is 2.30. The fourth-order valence-electron chi connectivity index (χ4n) is 3.05. The van der Waals surface area contributed by atoms with Crippen LogP contribution in [0, 0.1) is 0 Å². The highest BCUT2D eigenvalue weighted by atomic mass is 16.2. The van der Waals surface area contributed by atoms with Crippen LogP contribution in [-0.4, -0.2) is 24.4 Å². The van der Waals surface area contributed by atoms with Crippen LogP contribution in [0.3, 0.4) is 0 Å². The summed E-state index contributed by atoms with van der Waals surface area (Å²) in [5, 5.41) is 4.97. The Morgan fingerprint density at radius 2 is 1.82 bits per heavy atom. The lowest BCUT2D eigenvalue weighted by Crippen LogP contribution is -2.42. The maximum atomic E-state index is 12.6. The number of nitrogens with zero attached hydrogens (tertiary/aromatic N) is 1. The normalized spacial score (nSPS) is 13.2. The van der Waals surface area contributed by atoms with E-state index >= 15 is 0 Å². The Labute approximate surface area is 130 Å². The number of hydrogen-bond acceptors (Lipinski definition) is 2. The Morgan fingerprint density at radius 3 is 2.50 bits per heavy atom. The zero-order valence-electron chi connectivity index (χ0n) is 12.9. The zero-order valence-corrected chi connectivity index (χ0v) is 12.9. The molecule has 0 saturated carbocycles. The molecule has 1 heterocycles. The van der Waals surface area contributed by atoms with Crippen molar-refractivity contribution in [3.8, 4) is 0 Å². The van der Waals surface area contributed by atoms with Gasteiger partial charge in [0.15, 0.2) is 0 Å². The fraction of sp³-hybridized carbons (Fsp3) is 0.333. The number of amides is 2. The lowest BCUT2D eigenvalue weighted by molar-refractivity contribution is -0.120. The van der Waals surface area contributed by atoms with Gasteiger partial charge in [-0.3, -0.25) is 14.5 Å². The minimum atomic E-state index is -0.105. The Kier molecular flexibility index (Phi) is 3.84. The number of rotatable bonds is 5. The van der Waals surface area contributed by atoms with E-state index in [-0.39, 0.29) is 24.4 Å². The molecule has 114 valence electrons. The average Bonchev–Trinajstić information content (AvgIpc) is 2.81. The number of carbonyl (C=O) groups is 2. The molecule has 0 spiro atoms. The van der Waals surface area contributed by atoms with E-state index in [1.165, 1.54) is 0 Å². The molecule has 2 aromatic carbocycles. The minimum Gasteiger partial charge on any atom is -0.352 e. The summed E-state index contributed by atoms with van der Waals surface area (Å²) in [7, 11) is 0. The molecule has 0 unspecified atom stereocenters. The molecule has 0 aromatic heterocycles. The molecule has 2 amide bonds. The van der Waals surface area contributed by atoms with Crippen molar-refractivity contribution in [3.63, 3.8) is 0 Å². The third-order valence-electron chi connectivity index (χ3n) is 4.30. The molecule has 3 rings (SSSR count). The summed E-state index contributed by atoms with van der Waals surface area (Å²) >= 11 is 0. The molecule has 1 aliphatic heterocycles. The van der Waals surface area contributed by atoms with Crippen molar-refractivity contribution in [3.05, 3.63) is 42.0 Å². The molecule has 0 bridgehead atoms. The predicted molar refractivity (Wildman–Crippen MR) is 88.1 cm³/mol. The van der Waals surface area contributed by atoms with Crippen molar-refractivity contribution >= 4 is 28.3 Å². The first-order chi connectivity index (χ1) is 10.7. The quantitative estimate of drug-likeness (QED) is 0.921. The number of hydrogen-bond donors (Lipinski definition) is 1. The highest BCUT2D eigenvalue weighted by molar-refractivity contribution is 6.26.